The molecule has 0 amide bonds. The summed E-state index contributed by atoms with van der Waals surface area (Å²) in [6.07, 6.45) is 2.49. The van der Waals surface area contributed by atoms with Crippen molar-refractivity contribution in [1.29, 1.82) is 0 Å². The average Bonchev–Trinajstić information content (AvgIpc) is 2.90. The fraction of sp³-hybridized carbons (Fsp3) is 0.500. The third-order valence-corrected chi connectivity index (χ3v) is 5.00. The van der Waals surface area contributed by atoms with E-state index < -0.39 is 6.55 Å². The molecule has 2 aromatic heterocycles. The number of piperidine rings is 1. The van der Waals surface area contributed by atoms with Gasteiger partial charge < -0.3 is 9.88 Å². The third kappa shape index (κ3) is 2.30. The highest BCUT2D eigenvalue weighted by molar-refractivity contribution is 5.65. The van der Waals surface area contributed by atoms with Gasteiger partial charge in [-0.25, -0.2) is 4.68 Å². The van der Waals surface area contributed by atoms with Crippen molar-refractivity contribution < 1.29 is 8.78 Å². The van der Waals surface area contributed by atoms with Crippen molar-refractivity contribution >= 4 is 0 Å². The summed E-state index contributed by atoms with van der Waals surface area (Å²) in [7, 11) is 0. The summed E-state index contributed by atoms with van der Waals surface area (Å²) >= 11 is 0. The van der Waals surface area contributed by atoms with Gasteiger partial charge in [-0.05, 0) is 37.4 Å². The van der Waals surface area contributed by atoms with Gasteiger partial charge in [0.1, 0.15) is 0 Å². The van der Waals surface area contributed by atoms with Crippen LogP contribution in [0, 0.1) is 12.8 Å². The molecule has 0 unspecified atom stereocenters. The van der Waals surface area contributed by atoms with E-state index in [9.17, 15) is 13.6 Å². The monoisotopic (exact) mass is 320 g/mol. The molecule has 0 radical (unpaired) electrons. The standard InChI is InChI=1S/C16H18F2N4O/c1-9-13(7-20-22(9)16(17)18)11-3-14-12-2-10(5-19-6-12)8-21(14)15(23)4-11/h3-4,7,10,12,16,19H,2,5-6,8H2,1H3/t10-,12+/m0/s1. The summed E-state index contributed by atoms with van der Waals surface area (Å²) in [5.74, 6) is 0.800. The number of rotatable bonds is 2. The predicted octanol–water partition coefficient (Wildman–Crippen LogP) is 2.12. The summed E-state index contributed by atoms with van der Waals surface area (Å²) in [5.41, 5.74) is 2.59. The summed E-state index contributed by atoms with van der Waals surface area (Å²) < 4.78 is 28.3. The second kappa shape index (κ2) is 5.26. The van der Waals surface area contributed by atoms with Crippen molar-refractivity contribution in [3.05, 3.63) is 40.1 Å². The third-order valence-electron chi connectivity index (χ3n) is 5.00. The quantitative estimate of drug-likeness (QED) is 0.922. The zero-order valence-corrected chi connectivity index (χ0v) is 12.8. The topological polar surface area (TPSA) is 51.9 Å². The van der Waals surface area contributed by atoms with Crippen LogP contribution >= 0.6 is 0 Å². The van der Waals surface area contributed by atoms with Crippen LogP contribution in [0.25, 0.3) is 11.1 Å². The Morgan fingerprint density at radius 1 is 1.35 bits per heavy atom. The second-order valence-corrected chi connectivity index (χ2v) is 6.44. The maximum atomic E-state index is 12.9. The molecule has 2 aromatic rings. The molecular weight excluding hydrogens is 302 g/mol. The first-order valence-electron chi connectivity index (χ1n) is 7.82. The number of pyridine rings is 1. The van der Waals surface area contributed by atoms with Gasteiger partial charge in [-0.15, -0.1) is 0 Å². The van der Waals surface area contributed by atoms with Crippen molar-refractivity contribution in [2.45, 2.75) is 32.4 Å². The molecule has 4 rings (SSSR count). The Balaban J connectivity index is 1.83. The van der Waals surface area contributed by atoms with Gasteiger partial charge in [0.2, 0.25) is 0 Å². The summed E-state index contributed by atoms with van der Waals surface area (Å²) in [4.78, 5) is 12.5. The largest absolute Gasteiger partial charge is 0.333 e. The van der Waals surface area contributed by atoms with E-state index in [2.05, 4.69) is 10.4 Å². The Bertz CT molecular complexity index is 811. The molecule has 1 N–H and O–H groups in total. The smallest absolute Gasteiger partial charge is 0.316 e. The number of hydrogen-bond acceptors (Lipinski definition) is 3. The van der Waals surface area contributed by atoms with Crippen LogP contribution < -0.4 is 10.9 Å². The van der Waals surface area contributed by atoms with E-state index in [4.69, 9.17) is 0 Å². The normalized spacial score (nSPS) is 23.1. The van der Waals surface area contributed by atoms with Crippen LogP contribution in [-0.4, -0.2) is 27.4 Å². The van der Waals surface area contributed by atoms with Crippen LogP contribution in [0.4, 0.5) is 8.78 Å². The second-order valence-electron chi connectivity index (χ2n) is 6.44. The van der Waals surface area contributed by atoms with Gasteiger partial charge in [0.05, 0.1) is 6.20 Å². The fourth-order valence-corrected chi connectivity index (χ4v) is 3.86. The Labute approximate surface area is 131 Å². The molecule has 0 saturated carbocycles. The minimum atomic E-state index is -2.68. The molecule has 122 valence electrons. The lowest BCUT2D eigenvalue weighted by Crippen LogP contribution is -2.44. The molecule has 0 aliphatic carbocycles. The van der Waals surface area contributed by atoms with Crippen LogP contribution in [0.5, 0.6) is 0 Å². The van der Waals surface area contributed by atoms with Crippen molar-refractivity contribution in [2.24, 2.45) is 5.92 Å². The molecule has 0 spiro atoms. The van der Waals surface area contributed by atoms with Crippen LogP contribution in [0.1, 0.15) is 30.3 Å². The minimum absolute atomic E-state index is 0.0571. The summed E-state index contributed by atoms with van der Waals surface area (Å²) in [6.45, 7) is 1.46. The number of nitrogens with zero attached hydrogens (tertiary/aromatic N) is 3. The summed E-state index contributed by atoms with van der Waals surface area (Å²) in [6, 6.07) is 3.51. The number of hydrogen-bond donors (Lipinski definition) is 1. The Kier molecular flexibility index (Phi) is 3.33. The summed E-state index contributed by atoms with van der Waals surface area (Å²) in [5, 5.41) is 7.15. The van der Waals surface area contributed by atoms with E-state index in [0.717, 1.165) is 31.7 Å². The van der Waals surface area contributed by atoms with E-state index in [1.807, 2.05) is 10.6 Å². The molecule has 23 heavy (non-hydrogen) atoms. The first-order valence-corrected chi connectivity index (χ1v) is 7.82. The molecule has 4 heterocycles. The Morgan fingerprint density at radius 3 is 2.91 bits per heavy atom. The van der Waals surface area contributed by atoms with Crippen molar-refractivity contribution in [3.8, 4) is 11.1 Å². The highest BCUT2D eigenvalue weighted by Crippen LogP contribution is 2.34. The fourth-order valence-electron chi connectivity index (χ4n) is 3.86. The molecule has 5 nitrogen and oxygen atoms in total. The van der Waals surface area contributed by atoms with Gasteiger partial charge in [0.25, 0.3) is 5.56 Å². The lowest BCUT2D eigenvalue weighted by atomic mass is 9.83. The first-order chi connectivity index (χ1) is 11.0. The zero-order chi connectivity index (χ0) is 16.1. The van der Waals surface area contributed by atoms with Crippen LogP contribution in [0.3, 0.4) is 0 Å². The zero-order valence-electron chi connectivity index (χ0n) is 12.8. The first kappa shape index (κ1) is 14.6. The van der Waals surface area contributed by atoms with Gasteiger partial charge in [-0.1, -0.05) is 0 Å². The number of halogens is 2. The molecule has 2 aliphatic rings. The van der Waals surface area contributed by atoms with Crippen LogP contribution in [0.2, 0.25) is 0 Å². The van der Waals surface area contributed by atoms with Gasteiger partial charge in [-0.3, -0.25) is 4.79 Å². The van der Waals surface area contributed by atoms with Crippen LogP contribution in [-0.2, 0) is 6.54 Å². The molecule has 1 saturated heterocycles. The highest BCUT2D eigenvalue weighted by atomic mass is 19.3. The molecule has 2 atom stereocenters. The van der Waals surface area contributed by atoms with Gasteiger partial charge >= 0.3 is 6.55 Å². The van der Waals surface area contributed by atoms with Crippen molar-refractivity contribution in [3.63, 3.8) is 0 Å². The maximum Gasteiger partial charge on any atom is 0.333 e. The lowest BCUT2D eigenvalue weighted by molar-refractivity contribution is 0.0545. The van der Waals surface area contributed by atoms with E-state index in [1.165, 1.54) is 12.3 Å². The number of nitrogens with one attached hydrogen (secondary N) is 1. The molecular formula is C16H18F2N4O. The van der Waals surface area contributed by atoms with E-state index in [1.54, 1.807) is 6.92 Å². The minimum Gasteiger partial charge on any atom is -0.316 e. The van der Waals surface area contributed by atoms with E-state index in [0.29, 0.717) is 33.3 Å². The lowest BCUT2D eigenvalue weighted by Gasteiger charge is -2.37. The van der Waals surface area contributed by atoms with Gasteiger partial charge in [0.15, 0.2) is 0 Å². The molecule has 0 aromatic carbocycles. The highest BCUT2D eigenvalue weighted by Gasteiger charge is 2.31. The number of alkyl halides is 2. The molecule has 2 aliphatic heterocycles. The molecule has 1 fully saturated rings. The van der Waals surface area contributed by atoms with E-state index >= 15 is 0 Å². The van der Waals surface area contributed by atoms with Crippen molar-refractivity contribution in [1.82, 2.24) is 19.7 Å². The Morgan fingerprint density at radius 2 is 2.17 bits per heavy atom. The van der Waals surface area contributed by atoms with Gasteiger partial charge in [-0.2, -0.15) is 13.9 Å². The Hall–Kier alpha value is -2.02. The average molecular weight is 320 g/mol. The number of aromatic nitrogens is 3. The van der Waals surface area contributed by atoms with E-state index in [-0.39, 0.29) is 5.56 Å². The maximum absolute atomic E-state index is 12.9. The molecule has 7 heteroatoms. The van der Waals surface area contributed by atoms with Gasteiger partial charge in [0, 0.05) is 42.0 Å². The molecule has 2 bridgehead atoms. The SMILES string of the molecule is Cc1c(-c2cc3n(c(=O)c2)C[C@@H]2CNC[C@H]3C2)cnn1C(F)F. The number of fused-ring (bicyclic) bond motifs is 4. The van der Waals surface area contributed by atoms with Crippen LogP contribution in [0.15, 0.2) is 23.1 Å². The van der Waals surface area contributed by atoms with Crippen molar-refractivity contribution in [2.75, 3.05) is 13.1 Å². The predicted molar refractivity (Wildman–Crippen MR) is 81.6 cm³/mol.